The van der Waals surface area contributed by atoms with Crippen LogP contribution >= 0.6 is 0 Å². The molecule has 0 saturated carbocycles. The number of carbonyl (C=O) groups excluding carboxylic acids is 2. The normalized spacial score (nSPS) is 14.1. The largest absolute Gasteiger partial charge is 0.484 e. The molecule has 6 nitrogen and oxygen atoms in total. The Morgan fingerprint density at radius 3 is 2.34 bits per heavy atom. The fourth-order valence-corrected chi connectivity index (χ4v) is 3.52. The van der Waals surface area contributed by atoms with Crippen molar-refractivity contribution in [3.8, 4) is 5.75 Å². The van der Waals surface area contributed by atoms with E-state index in [9.17, 15) is 22.8 Å². The summed E-state index contributed by atoms with van der Waals surface area (Å²) in [6.07, 6.45) is -1.53. The third kappa shape index (κ3) is 6.15. The number of hydrogen-bond acceptors (Lipinski definition) is 4. The minimum atomic E-state index is -4.51. The zero-order valence-electron chi connectivity index (χ0n) is 17.8. The van der Waals surface area contributed by atoms with E-state index in [1.807, 2.05) is 4.90 Å². The second-order valence-electron chi connectivity index (χ2n) is 7.50. The van der Waals surface area contributed by atoms with Crippen molar-refractivity contribution in [1.29, 1.82) is 0 Å². The number of likely N-dealkylation sites (N-methyl/N-ethyl adjacent to an activating group) is 1. The minimum Gasteiger partial charge on any atom is -0.484 e. The van der Waals surface area contributed by atoms with E-state index in [4.69, 9.17) is 4.74 Å². The van der Waals surface area contributed by atoms with Gasteiger partial charge in [-0.15, -0.1) is 0 Å². The van der Waals surface area contributed by atoms with Crippen LogP contribution in [0.25, 0.3) is 0 Å². The molecule has 1 aliphatic heterocycles. The number of piperidine rings is 1. The Bertz CT molecular complexity index is 940. The summed E-state index contributed by atoms with van der Waals surface area (Å²) >= 11 is 0. The summed E-state index contributed by atoms with van der Waals surface area (Å²) in [5.41, 5.74) is 0.149. The average molecular weight is 449 g/mol. The molecule has 172 valence electrons. The van der Waals surface area contributed by atoms with Crippen LogP contribution in [0.4, 0.5) is 24.5 Å². The summed E-state index contributed by atoms with van der Waals surface area (Å²) in [5, 5.41) is 5.25. The maximum atomic E-state index is 13.3. The van der Waals surface area contributed by atoms with Crippen molar-refractivity contribution < 1.29 is 27.5 Å². The lowest BCUT2D eigenvalue weighted by molar-refractivity contribution is -0.137. The van der Waals surface area contributed by atoms with Crippen LogP contribution in [0, 0.1) is 0 Å². The molecule has 0 radical (unpaired) electrons. The Morgan fingerprint density at radius 1 is 1.03 bits per heavy atom. The first-order valence-corrected chi connectivity index (χ1v) is 10.5. The zero-order chi connectivity index (χ0) is 23.1. The van der Waals surface area contributed by atoms with E-state index in [2.05, 4.69) is 10.6 Å². The van der Waals surface area contributed by atoms with E-state index in [-0.39, 0.29) is 23.8 Å². The maximum Gasteiger partial charge on any atom is 0.416 e. The molecule has 1 heterocycles. The standard InChI is InChI=1S/C23H26F3N3O3/c1-2-27-21(30)15-32-18-9-6-16(7-10-18)22(31)28-19-14-17(23(24,25)26)8-11-20(19)29-12-4-3-5-13-29/h6-11,14H,2-5,12-13,15H2,1H3,(H,27,30)(H,28,31). The quantitative estimate of drug-likeness (QED) is 0.655. The van der Waals surface area contributed by atoms with Crippen LogP contribution in [0.5, 0.6) is 5.75 Å². The molecule has 3 rings (SSSR count). The van der Waals surface area contributed by atoms with E-state index < -0.39 is 17.6 Å². The first kappa shape index (κ1) is 23.4. The van der Waals surface area contributed by atoms with E-state index in [0.29, 0.717) is 18.0 Å². The first-order chi connectivity index (χ1) is 15.3. The molecule has 1 fully saturated rings. The molecule has 2 amide bonds. The summed E-state index contributed by atoms with van der Waals surface area (Å²) in [7, 11) is 0. The van der Waals surface area contributed by atoms with E-state index >= 15 is 0 Å². The van der Waals surface area contributed by atoms with Gasteiger partial charge in [-0.25, -0.2) is 0 Å². The fourth-order valence-electron chi connectivity index (χ4n) is 3.52. The number of ether oxygens (including phenoxy) is 1. The molecule has 2 N–H and O–H groups in total. The number of hydrogen-bond donors (Lipinski definition) is 2. The van der Waals surface area contributed by atoms with Crippen molar-refractivity contribution in [3.05, 3.63) is 53.6 Å². The van der Waals surface area contributed by atoms with Gasteiger partial charge in [-0.1, -0.05) is 0 Å². The summed E-state index contributed by atoms with van der Waals surface area (Å²) in [5.74, 6) is -0.386. The van der Waals surface area contributed by atoms with Gasteiger partial charge in [0.05, 0.1) is 16.9 Å². The number of nitrogens with zero attached hydrogens (tertiary/aromatic N) is 1. The van der Waals surface area contributed by atoms with Gasteiger partial charge in [0, 0.05) is 25.2 Å². The maximum absolute atomic E-state index is 13.3. The molecule has 1 aliphatic rings. The first-order valence-electron chi connectivity index (χ1n) is 10.5. The predicted molar refractivity (Wildman–Crippen MR) is 116 cm³/mol. The van der Waals surface area contributed by atoms with Gasteiger partial charge >= 0.3 is 6.18 Å². The summed E-state index contributed by atoms with van der Waals surface area (Å²) in [6.45, 7) is 3.60. The van der Waals surface area contributed by atoms with Gasteiger partial charge in [-0.3, -0.25) is 9.59 Å². The van der Waals surface area contributed by atoms with Crippen molar-refractivity contribution in [3.63, 3.8) is 0 Å². The highest BCUT2D eigenvalue weighted by Crippen LogP contribution is 2.36. The van der Waals surface area contributed by atoms with Crippen LogP contribution in [0.3, 0.4) is 0 Å². The average Bonchev–Trinajstić information content (AvgIpc) is 2.78. The number of nitrogens with one attached hydrogen (secondary N) is 2. The Labute approximate surface area is 184 Å². The lowest BCUT2D eigenvalue weighted by Gasteiger charge is -2.31. The van der Waals surface area contributed by atoms with Crippen LogP contribution < -0.4 is 20.3 Å². The smallest absolute Gasteiger partial charge is 0.416 e. The molecular formula is C23H26F3N3O3. The molecule has 0 aliphatic carbocycles. The van der Waals surface area contributed by atoms with Crippen molar-refractivity contribution in [1.82, 2.24) is 5.32 Å². The van der Waals surface area contributed by atoms with Crippen LogP contribution in [0.15, 0.2) is 42.5 Å². The molecule has 2 aromatic carbocycles. The van der Waals surface area contributed by atoms with Crippen molar-refractivity contribution in [2.45, 2.75) is 32.4 Å². The van der Waals surface area contributed by atoms with Gasteiger partial charge in [0.2, 0.25) is 0 Å². The monoisotopic (exact) mass is 449 g/mol. The Morgan fingerprint density at radius 2 is 1.72 bits per heavy atom. The summed E-state index contributed by atoms with van der Waals surface area (Å²) in [6, 6.07) is 9.50. The molecular weight excluding hydrogens is 423 g/mol. The van der Waals surface area contributed by atoms with Crippen molar-refractivity contribution >= 4 is 23.2 Å². The van der Waals surface area contributed by atoms with Crippen molar-refractivity contribution in [2.24, 2.45) is 0 Å². The molecule has 0 spiro atoms. The minimum absolute atomic E-state index is 0.128. The topological polar surface area (TPSA) is 70.7 Å². The van der Waals surface area contributed by atoms with E-state index in [1.165, 1.54) is 30.3 Å². The number of rotatable bonds is 7. The van der Waals surface area contributed by atoms with Gasteiger partial charge in [-0.2, -0.15) is 13.2 Å². The van der Waals surface area contributed by atoms with Crippen molar-refractivity contribution in [2.75, 3.05) is 36.5 Å². The van der Waals surface area contributed by atoms with Crippen LogP contribution in [0.2, 0.25) is 0 Å². The number of alkyl halides is 3. The van der Waals surface area contributed by atoms with Gasteiger partial charge in [0.25, 0.3) is 11.8 Å². The number of benzene rings is 2. The molecule has 0 unspecified atom stereocenters. The molecule has 2 aromatic rings. The highest BCUT2D eigenvalue weighted by molar-refractivity contribution is 6.06. The Kier molecular flexibility index (Phi) is 7.61. The third-order valence-corrected chi connectivity index (χ3v) is 5.13. The van der Waals surface area contributed by atoms with E-state index in [1.54, 1.807) is 6.92 Å². The number of carbonyl (C=O) groups is 2. The van der Waals surface area contributed by atoms with Gasteiger partial charge in [-0.05, 0) is 68.7 Å². The van der Waals surface area contributed by atoms with Crippen LogP contribution in [-0.2, 0) is 11.0 Å². The second kappa shape index (κ2) is 10.4. The third-order valence-electron chi connectivity index (χ3n) is 5.13. The lowest BCUT2D eigenvalue weighted by atomic mass is 10.1. The SMILES string of the molecule is CCNC(=O)COc1ccc(C(=O)Nc2cc(C(F)(F)F)ccc2N2CCCCC2)cc1. The lowest BCUT2D eigenvalue weighted by Crippen LogP contribution is -2.30. The highest BCUT2D eigenvalue weighted by atomic mass is 19.4. The number of anilines is 2. The summed E-state index contributed by atoms with van der Waals surface area (Å²) in [4.78, 5) is 26.2. The molecule has 1 saturated heterocycles. The van der Waals surface area contributed by atoms with Crippen LogP contribution in [-0.4, -0.2) is 38.1 Å². The Hall–Kier alpha value is -3.23. The van der Waals surface area contributed by atoms with Crippen LogP contribution in [0.1, 0.15) is 42.1 Å². The molecule has 32 heavy (non-hydrogen) atoms. The molecule has 0 atom stereocenters. The highest BCUT2D eigenvalue weighted by Gasteiger charge is 2.32. The zero-order valence-corrected chi connectivity index (χ0v) is 17.8. The van der Waals surface area contributed by atoms with Gasteiger partial charge < -0.3 is 20.3 Å². The molecule has 0 bridgehead atoms. The van der Waals surface area contributed by atoms with E-state index in [0.717, 1.165) is 44.5 Å². The second-order valence-corrected chi connectivity index (χ2v) is 7.50. The molecule has 0 aromatic heterocycles. The summed E-state index contributed by atoms with van der Waals surface area (Å²) < 4.78 is 45.1. The number of amides is 2. The predicted octanol–water partition coefficient (Wildman–Crippen LogP) is 4.46. The molecule has 9 heteroatoms. The fraction of sp³-hybridized carbons (Fsp3) is 0.391. The van der Waals surface area contributed by atoms with Gasteiger partial charge in [0.15, 0.2) is 6.61 Å². The Balaban J connectivity index is 1.76. The van der Waals surface area contributed by atoms with Gasteiger partial charge in [0.1, 0.15) is 5.75 Å². The number of halogens is 3.